The van der Waals surface area contributed by atoms with Gasteiger partial charge in [0.2, 0.25) is 0 Å². The first kappa shape index (κ1) is 28.6. The van der Waals surface area contributed by atoms with Crippen LogP contribution in [0.4, 0.5) is 13.2 Å². The van der Waals surface area contributed by atoms with Crippen LogP contribution in [0.25, 0.3) is 32.1 Å². The maximum atomic E-state index is 14.2. The predicted octanol–water partition coefficient (Wildman–Crippen LogP) is 9.37. The molecule has 0 N–H and O–H groups in total. The first-order chi connectivity index (χ1) is 18.6. The highest BCUT2D eigenvalue weighted by atomic mass is 32.1. The van der Waals surface area contributed by atoms with E-state index in [1.807, 2.05) is 30.3 Å². The van der Waals surface area contributed by atoms with Gasteiger partial charge in [-0.1, -0.05) is 107 Å². The number of hydrogen-bond donors (Lipinski definition) is 0. The summed E-state index contributed by atoms with van der Waals surface area (Å²) in [7, 11) is -2.33. The maximum Gasteiger partial charge on any atom is 0.394 e. The summed E-state index contributed by atoms with van der Waals surface area (Å²) < 4.78 is 44.7. The molecule has 0 aliphatic rings. The minimum Gasteiger partial charge on any atom is -0.255 e. The fourth-order valence-electron chi connectivity index (χ4n) is 5.56. The largest absolute Gasteiger partial charge is 0.394 e. The number of thiophene rings is 1. The third-order valence-corrected chi connectivity index (χ3v) is 14.2. The second-order valence-corrected chi connectivity index (χ2v) is 18.7. The van der Waals surface area contributed by atoms with Crippen LogP contribution in [0.2, 0.25) is 13.1 Å². The van der Waals surface area contributed by atoms with E-state index in [2.05, 4.69) is 76.3 Å². The van der Waals surface area contributed by atoms with Gasteiger partial charge >= 0.3 is 6.18 Å². The molecule has 0 bridgehead atoms. The van der Waals surface area contributed by atoms with Crippen molar-refractivity contribution in [2.45, 2.75) is 65.7 Å². The second-order valence-electron chi connectivity index (χ2n) is 13.0. The van der Waals surface area contributed by atoms with Crippen molar-refractivity contribution in [3.05, 3.63) is 90.1 Å². The molecule has 208 valence electrons. The van der Waals surface area contributed by atoms with Crippen LogP contribution in [0.5, 0.6) is 0 Å². The van der Waals surface area contributed by atoms with Crippen LogP contribution in [0, 0.1) is 5.41 Å². The summed E-state index contributed by atoms with van der Waals surface area (Å²) in [4.78, 5) is 4.87. The number of aromatic nitrogens is 1. The lowest BCUT2D eigenvalue weighted by Crippen LogP contribution is -2.53. The van der Waals surface area contributed by atoms with E-state index in [0.717, 1.165) is 36.8 Å². The Balaban J connectivity index is 1.81. The van der Waals surface area contributed by atoms with Gasteiger partial charge in [0.05, 0.1) is 15.8 Å². The van der Waals surface area contributed by atoms with Gasteiger partial charge < -0.3 is 0 Å². The molecular formula is C34H36F3NSSi. The van der Waals surface area contributed by atoms with Crippen molar-refractivity contribution in [1.29, 1.82) is 0 Å². The molecule has 2 heterocycles. The average Bonchev–Trinajstić information content (AvgIpc) is 3.26. The molecule has 1 nitrogen and oxygen atoms in total. The Morgan fingerprint density at radius 1 is 0.800 bits per heavy atom. The molecule has 0 radical (unpaired) electrons. The van der Waals surface area contributed by atoms with Crippen molar-refractivity contribution in [2.75, 3.05) is 0 Å². The van der Waals surface area contributed by atoms with Crippen molar-refractivity contribution in [3.8, 4) is 11.3 Å². The zero-order chi connectivity index (χ0) is 29.1. The Morgan fingerprint density at radius 3 is 2.10 bits per heavy atom. The maximum absolute atomic E-state index is 14.2. The van der Waals surface area contributed by atoms with E-state index in [0.29, 0.717) is 0 Å². The minimum absolute atomic E-state index is 0.0660. The summed E-state index contributed by atoms with van der Waals surface area (Å²) >= 11 is 1.65. The van der Waals surface area contributed by atoms with E-state index in [1.54, 1.807) is 17.5 Å². The van der Waals surface area contributed by atoms with Crippen molar-refractivity contribution < 1.29 is 13.2 Å². The Bertz CT molecular complexity index is 1690. The molecule has 0 fully saturated rings. The molecule has 0 unspecified atom stereocenters. The van der Waals surface area contributed by atoms with Crippen molar-refractivity contribution in [1.82, 2.24) is 4.98 Å². The first-order valence-corrected chi connectivity index (χ1v) is 17.5. The summed E-state index contributed by atoms with van der Waals surface area (Å²) in [6, 6.07) is 25.0. The van der Waals surface area contributed by atoms with E-state index in [4.69, 9.17) is 4.98 Å². The van der Waals surface area contributed by atoms with Gasteiger partial charge in [-0.2, -0.15) is 13.2 Å². The van der Waals surface area contributed by atoms with Gasteiger partial charge in [0.25, 0.3) is 0 Å². The van der Waals surface area contributed by atoms with Crippen LogP contribution >= 0.6 is 11.3 Å². The monoisotopic (exact) mass is 575 g/mol. The number of halogens is 3. The molecule has 0 atom stereocenters. The average molecular weight is 576 g/mol. The Kier molecular flexibility index (Phi) is 7.03. The number of alkyl halides is 3. The highest BCUT2D eigenvalue weighted by Gasteiger charge is 2.48. The lowest BCUT2D eigenvalue weighted by molar-refractivity contribution is -0.210. The van der Waals surface area contributed by atoms with Gasteiger partial charge in [0, 0.05) is 11.8 Å². The van der Waals surface area contributed by atoms with Crippen LogP contribution in [-0.4, -0.2) is 19.2 Å². The fourth-order valence-corrected chi connectivity index (χ4v) is 10.6. The highest BCUT2D eigenvalue weighted by molar-refractivity contribution is 7.34. The standard InChI is InChI=1S/C34H36F3NSSi/c1-32(2,3)28-20-23(19-22-13-11-12-16-25(22)28)29-30-26(17-18-38-29)27(21-33(4,5)34(35,36)37)31(39-30)40(6,7)24-14-9-8-10-15-24/h8-20H,21H2,1-7H3. The van der Waals surface area contributed by atoms with E-state index in [-0.39, 0.29) is 11.8 Å². The van der Waals surface area contributed by atoms with E-state index in [9.17, 15) is 13.2 Å². The van der Waals surface area contributed by atoms with Crippen molar-refractivity contribution in [2.24, 2.45) is 5.41 Å². The SMILES string of the molecule is CC(C)(C)c1cc(-c2nccc3c(CC(C)(C)C(F)(F)F)c([Si](C)(C)c4ccccc4)sc23)cc2ccccc12. The third kappa shape index (κ3) is 5.01. The molecule has 3 aromatic carbocycles. The van der Waals surface area contributed by atoms with Crippen LogP contribution in [0.15, 0.2) is 79.0 Å². The highest BCUT2D eigenvalue weighted by Crippen LogP contribution is 2.44. The number of nitrogens with zero attached hydrogens (tertiary/aromatic N) is 1. The van der Waals surface area contributed by atoms with Gasteiger partial charge in [0.15, 0.2) is 0 Å². The van der Waals surface area contributed by atoms with Crippen LogP contribution < -0.4 is 9.69 Å². The summed E-state index contributed by atoms with van der Waals surface area (Å²) in [6.45, 7) is 13.8. The fraction of sp³-hybridized carbons (Fsp3) is 0.324. The molecule has 0 spiro atoms. The van der Waals surface area contributed by atoms with Crippen LogP contribution in [0.3, 0.4) is 0 Å². The number of hydrogen-bond acceptors (Lipinski definition) is 2. The van der Waals surface area contributed by atoms with Gasteiger partial charge in [0.1, 0.15) is 8.07 Å². The Labute approximate surface area is 240 Å². The minimum atomic E-state index is -4.31. The number of rotatable bonds is 5. The van der Waals surface area contributed by atoms with Gasteiger partial charge in [-0.15, -0.1) is 11.3 Å². The zero-order valence-electron chi connectivity index (χ0n) is 24.2. The number of fused-ring (bicyclic) bond motifs is 2. The zero-order valence-corrected chi connectivity index (χ0v) is 26.0. The molecule has 0 saturated carbocycles. The second kappa shape index (κ2) is 9.84. The molecular weight excluding hydrogens is 540 g/mol. The normalized spacial score (nSPS) is 13.3. The molecule has 0 aliphatic carbocycles. The molecule has 40 heavy (non-hydrogen) atoms. The van der Waals surface area contributed by atoms with Crippen molar-refractivity contribution in [3.63, 3.8) is 0 Å². The van der Waals surface area contributed by atoms with Gasteiger partial charge in [-0.05, 0) is 61.8 Å². The molecule has 6 heteroatoms. The number of benzene rings is 3. The first-order valence-electron chi connectivity index (χ1n) is 13.7. The van der Waals surface area contributed by atoms with Crippen LogP contribution in [-0.2, 0) is 11.8 Å². The molecule has 5 rings (SSSR count). The third-order valence-electron chi connectivity index (χ3n) is 8.10. The number of pyridine rings is 1. The van der Waals surface area contributed by atoms with Gasteiger partial charge in [-0.3, -0.25) is 4.98 Å². The Morgan fingerprint density at radius 2 is 1.45 bits per heavy atom. The molecule has 5 aromatic rings. The van der Waals surface area contributed by atoms with Crippen molar-refractivity contribution >= 4 is 50.0 Å². The predicted molar refractivity (Wildman–Crippen MR) is 168 cm³/mol. The van der Waals surface area contributed by atoms with Crippen LogP contribution in [0.1, 0.15) is 45.7 Å². The quantitative estimate of drug-likeness (QED) is 0.190. The summed E-state index contributed by atoms with van der Waals surface area (Å²) in [5.41, 5.74) is 1.95. The smallest absolute Gasteiger partial charge is 0.255 e. The molecule has 0 aliphatic heterocycles. The Hall–Kier alpha value is -2.96. The topological polar surface area (TPSA) is 12.9 Å². The summed E-state index contributed by atoms with van der Waals surface area (Å²) in [6.07, 6.45) is -2.61. The van der Waals surface area contributed by atoms with E-state index >= 15 is 0 Å². The van der Waals surface area contributed by atoms with E-state index < -0.39 is 19.7 Å². The lowest BCUT2D eigenvalue weighted by Gasteiger charge is -2.30. The summed E-state index contributed by atoms with van der Waals surface area (Å²) in [5.74, 6) is 0. The molecule has 2 aromatic heterocycles. The van der Waals surface area contributed by atoms with E-state index in [1.165, 1.54) is 30.0 Å². The summed E-state index contributed by atoms with van der Waals surface area (Å²) in [5, 5.41) is 4.45. The van der Waals surface area contributed by atoms with Gasteiger partial charge in [-0.25, -0.2) is 0 Å². The molecule has 0 saturated heterocycles. The lowest BCUT2D eigenvalue weighted by atomic mass is 9.82. The molecule has 0 amide bonds.